The Kier molecular flexibility index (Phi) is 19.4. The number of hydroxylamine groups is 6. The summed E-state index contributed by atoms with van der Waals surface area (Å²) in [5.41, 5.74) is 5.10. The molecule has 0 bridgehead atoms. The molecule has 5 amide bonds. The van der Waals surface area contributed by atoms with E-state index in [9.17, 15) is 48.4 Å². The average molecular weight is 569 g/mol. The van der Waals surface area contributed by atoms with Crippen LogP contribution in [-0.4, -0.2) is 112 Å². The van der Waals surface area contributed by atoms with E-state index in [0.29, 0.717) is 41.0 Å². The first kappa shape index (κ1) is 36.0. The van der Waals surface area contributed by atoms with E-state index in [1.54, 1.807) is 0 Å². The number of carbonyl (C=O) groups excluding carboxylic acids is 5. The van der Waals surface area contributed by atoms with Gasteiger partial charge in [-0.25, -0.2) is 24.0 Å². The number of hydrogen-bond acceptors (Lipinski definition) is 9. The van der Waals surface area contributed by atoms with Crippen molar-refractivity contribution in [2.75, 3.05) is 39.3 Å². The normalized spacial score (nSPS) is 12.3. The van der Waals surface area contributed by atoms with E-state index in [1.165, 1.54) is 6.92 Å². The Balaban J connectivity index is 3.97. The molecule has 0 rings (SSSR count). The fraction of sp³-hybridized carbons (Fsp3) is 0.783. The smallest absolute Gasteiger partial charge is 0.246 e. The SMILES string of the molecule is CC(=O)N(O)CCCCCNC(=O)CCC(=O)N(O)CCC(F)CNC(=O)CCC(=O)N(O)CCC(F)CN. The summed E-state index contributed by atoms with van der Waals surface area (Å²) in [6.45, 7) is 0.472. The van der Waals surface area contributed by atoms with Gasteiger partial charge in [-0.1, -0.05) is 0 Å². The van der Waals surface area contributed by atoms with Crippen LogP contribution in [0.25, 0.3) is 0 Å². The van der Waals surface area contributed by atoms with Gasteiger partial charge in [0.1, 0.15) is 12.3 Å². The summed E-state index contributed by atoms with van der Waals surface area (Å²) in [4.78, 5) is 58.1. The molecule has 0 heterocycles. The predicted octanol–water partition coefficient (Wildman–Crippen LogP) is 0.0379. The Morgan fingerprint density at radius 2 is 1.23 bits per heavy atom. The van der Waals surface area contributed by atoms with Gasteiger partial charge in [0.05, 0.1) is 13.1 Å². The third-order valence-corrected chi connectivity index (χ3v) is 5.52. The number of unbranched alkanes of at least 4 members (excludes halogenated alkanes) is 2. The molecule has 0 spiro atoms. The zero-order chi connectivity index (χ0) is 29.8. The van der Waals surface area contributed by atoms with Gasteiger partial charge >= 0.3 is 0 Å². The molecule has 2 unspecified atom stereocenters. The first-order valence-corrected chi connectivity index (χ1v) is 12.8. The van der Waals surface area contributed by atoms with Crippen LogP contribution in [0.3, 0.4) is 0 Å². The molecule has 226 valence electrons. The monoisotopic (exact) mass is 568 g/mol. The van der Waals surface area contributed by atoms with Crippen molar-refractivity contribution in [2.45, 2.75) is 77.1 Å². The zero-order valence-electron chi connectivity index (χ0n) is 22.3. The lowest BCUT2D eigenvalue weighted by atomic mass is 10.2. The number of amides is 5. The predicted molar refractivity (Wildman–Crippen MR) is 133 cm³/mol. The topological polar surface area (TPSA) is 206 Å². The summed E-state index contributed by atoms with van der Waals surface area (Å²) in [7, 11) is 0. The minimum atomic E-state index is -1.60. The van der Waals surface area contributed by atoms with Gasteiger partial charge in [0, 0.05) is 65.2 Å². The van der Waals surface area contributed by atoms with Gasteiger partial charge in [-0.2, -0.15) is 0 Å². The Hall–Kier alpha value is -2.95. The number of nitrogens with one attached hydrogen (secondary N) is 2. The Labute approximate surface area is 226 Å². The first-order chi connectivity index (χ1) is 18.4. The number of nitrogens with zero attached hydrogens (tertiary/aromatic N) is 3. The van der Waals surface area contributed by atoms with Gasteiger partial charge in [-0.05, 0) is 25.7 Å². The van der Waals surface area contributed by atoms with Gasteiger partial charge in [0.2, 0.25) is 29.5 Å². The highest BCUT2D eigenvalue weighted by Gasteiger charge is 2.18. The number of hydrogen-bond donors (Lipinski definition) is 6. The molecule has 7 N–H and O–H groups in total. The minimum absolute atomic E-state index is 0.150. The largest absolute Gasteiger partial charge is 0.356 e. The standard InChI is InChI=1S/C23H42F2N6O8/c1-17(32)29(37)12-4-2-3-11-27-20(33)5-7-22(35)31(39)14-10-19(25)16-28-21(34)6-8-23(36)30(38)13-9-18(24)15-26/h18-19,37-39H,2-16,26H2,1H3,(H,27,33)(H,28,34). The Morgan fingerprint density at radius 1 is 0.718 bits per heavy atom. The van der Waals surface area contributed by atoms with Crippen LogP contribution in [0.15, 0.2) is 0 Å². The molecule has 0 saturated heterocycles. The second-order valence-electron chi connectivity index (χ2n) is 8.90. The summed E-state index contributed by atoms with van der Waals surface area (Å²) in [6, 6.07) is 0. The molecule has 39 heavy (non-hydrogen) atoms. The Bertz CT molecular complexity index is 779. The lowest BCUT2D eigenvalue weighted by Crippen LogP contribution is -2.35. The summed E-state index contributed by atoms with van der Waals surface area (Å²) in [5, 5.41) is 34.6. The van der Waals surface area contributed by atoms with Crippen molar-refractivity contribution < 1.29 is 48.4 Å². The molecule has 2 atom stereocenters. The molecule has 16 heteroatoms. The third-order valence-electron chi connectivity index (χ3n) is 5.52. The van der Waals surface area contributed by atoms with Crippen LogP contribution in [0.4, 0.5) is 8.78 Å². The van der Waals surface area contributed by atoms with Crippen molar-refractivity contribution in [3.63, 3.8) is 0 Å². The molecule has 0 aromatic rings. The molecule has 0 saturated carbocycles. The van der Waals surface area contributed by atoms with E-state index in [4.69, 9.17) is 5.73 Å². The number of halogens is 2. The van der Waals surface area contributed by atoms with E-state index in [1.807, 2.05) is 0 Å². The van der Waals surface area contributed by atoms with Crippen molar-refractivity contribution >= 4 is 29.5 Å². The van der Waals surface area contributed by atoms with Gasteiger partial charge < -0.3 is 16.4 Å². The third kappa shape index (κ3) is 18.9. The van der Waals surface area contributed by atoms with Crippen LogP contribution in [0.5, 0.6) is 0 Å². The van der Waals surface area contributed by atoms with Gasteiger partial charge in [-0.3, -0.25) is 39.6 Å². The number of nitrogens with two attached hydrogens (primary N) is 1. The molecule has 0 fully saturated rings. The van der Waals surface area contributed by atoms with Crippen LogP contribution in [0, 0.1) is 0 Å². The van der Waals surface area contributed by atoms with Crippen LogP contribution < -0.4 is 16.4 Å². The lowest BCUT2D eigenvalue weighted by molar-refractivity contribution is -0.166. The van der Waals surface area contributed by atoms with Crippen molar-refractivity contribution in [1.29, 1.82) is 0 Å². The maximum atomic E-state index is 14.0. The Morgan fingerprint density at radius 3 is 1.74 bits per heavy atom. The summed E-state index contributed by atoms with van der Waals surface area (Å²) >= 11 is 0. The highest BCUT2D eigenvalue weighted by Crippen LogP contribution is 2.04. The van der Waals surface area contributed by atoms with Gasteiger partial charge in [0.25, 0.3) is 0 Å². The maximum Gasteiger partial charge on any atom is 0.246 e. The quantitative estimate of drug-likeness (QED) is 0.0627. The molecule has 0 aliphatic rings. The molecule has 14 nitrogen and oxygen atoms in total. The second kappa shape index (κ2) is 20.9. The molecule has 0 aliphatic carbocycles. The molecular formula is C23H42F2N6O8. The summed E-state index contributed by atoms with van der Waals surface area (Å²) in [5.74, 6) is -3.08. The number of rotatable bonds is 21. The fourth-order valence-electron chi connectivity index (χ4n) is 3.04. The van der Waals surface area contributed by atoms with E-state index >= 15 is 0 Å². The molecule has 0 aliphatic heterocycles. The number of carbonyl (C=O) groups is 5. The van der Waals surface area contributed by atoms with Crippen molar-refractivity contribution in [1.82, 2.24) is 25.8 Å². The van der Waals surface area contributed by atoms with E-state index < -0.39 is 48.4 Å². The molecule has 0 radical (unpaired) electrons. The number of alkyl halides is 2. The van der Waals surface area contributed by atoms with Crippen LogP contribution in [0.2, 0.25) is 0 Å². The van der Waals surface area contributed by atoms with Crippen molar-refractivity contribution in [3.8, 4) is 0 Å². The summed E-state index contributed by atoms with van der Waals surface area (Å²) in [6.07, 6.45) is -2.74. The first-order valence-electron chi connectivity index (χ1n) is 12.8. The average Bonchev–Trinajstić information content (AvgIpc) is 2.91. The van der Waals surface area contributed by atoms with E-state index in [-0.39, 0.29) is 64.7 Å². The van der Waals surface area contributed by atoms with Crippen LogP contribution in [0.1, 0.15) is 64.7 Å². The van der Waals surface area contributed by atoms with Crippen molar-refractivity contribution in [2.24, 2.45) is 5.73 Å². The van der Waals surface area contributed by atoms with Crippen LogP contribution in [-0.2, 0) is 24.0 Å². The lowest BCUT2D eigenvalue weighted by Gasteiger charge is -2.17. The molecule has 0 aromatic heterocycles. The van der Waals surface area contributed by atoms with Crippen LogP contribution >= 0.6 is 0 Å². The second-order valence-corrected chi connectivity index (χ2v) is 8.90. The highest BCUT2D eigenvalue weighted by atomic mass is 19.1. The molecule has 0 aromatic carbocycles. The fourth-order valence-corrected chi connectivity index (χ4v) is 3.04. The van der Waals surface area contributed by atoms with Gasteiger partial charge in [0.15, 0.2) is 0 Å². The van der Waals surface area contributed by atoms with E-state index in [2.05, 4.69) is 10.6 Å². The zero-order valence-corrected chi connectivity index (χ0v) is 22.3. The minimum Gasteiger partial charge on any atom is -0.356 e. The summed E-state index contributed by atoms with van der Waals surface area (Å²) < 4.78 is 27.1. The van der Waals surface area contributed by atoms with Crippen molar-refractivity contribution in [3.05, 3.63) is 0 Å². The maximum absolute atomic E-state index is 14.0. The highest BCUT2D eigenvalue weighted by molar-refractivity contribution is 5.83. The van der Waals surface area contributed by atoms with Gasteiger partial charge in [-0.15, -0.1) is 0 Å². The van der Waals surface area contributed by atoms with E-state index in [0.717, 1.165) is 0 Å². The molecular weight excluding hydrogens is 526 g/mol.